The van der Waals surface area contributed by atoms with Crippen molar-refractivity contribution in [1.29, 1.82) is 0 Å². The number of hydrogen-bond donors (Lipinski definition) is 2. The van der Waals surface area contributed by atoms with E-state index in [1.807, 2.05) is 0 Å². The lowest BCUT2D eigenvalue weighted by molar-refractivity contribution is -0.129. The minimum Gasteiger partial charge on any atom is -0.449 e. The number of anilines is 1. The summed E-state index contributed by atoms with van der Waals surface area (Å²) in [5, 5.41) is 2.92. The molecule has 5 heteroatoms. The number of aryl methyl sites for hydroxylation is 1. The summed E-state index contributed by atoms with van der Waals surface area (Å²) in [4.78, 5) is 24.1. The first-order chi connectivity index (χ1) is 9.97. The molecule has 1 amide bonds. The molecule has 1 aromatic carbocycles. The van der Waals surface area contributed by atoms with Gasteiger partial charge in [0, 0.05) is 11.7 Å². The number of nitrogen functional groups attached to an aromatic ring is 1. The van der Waals surface area contributed by atoms with Crippen LogP contribution in [0.2, 0.25) is 0 Å². The van der Waals surface area contributed by atoms with Crippen molar-refractivity contribution >= 4 is 17.6 Å². The fourth-order valence-corrected chi connectivity index (χ4v) is 2.53. The molecule has 0 bridgehead atoms. The summed E-state index contributed by atoms with van der Waals surface area (Å²) < 4.78 is 5.24. The van der Waals surface area contributed by atoms with Crippen molar-refractivity contribution in [2.75, 3.05) is 5.73 Å². The second-order valence-corrected chi connectivity index (χ2v) is 5.61. The number of hydrogen-bond acceptors (Lipinski definition) is 4. The highest BCUT2D eigenvalue weighted by Gasteiger charge is 2.24. The van der Waals surface area contributed by atoms with Gasteiger partial charge in [-0.15, -0.1) is 0 Å². The molecule has 0 spiro atoms. The molecule has 1 unspecified atom stereocenters. The number of ether oxygens (including phenoxy) is 1. The molecule has 0 heterocycles. The number of carbonyl (C=O) groups excluding carboxylic acids is 2. The third-order valence-corrected chi connectivity index (χ3v) is 3.84. The summed E-state index contributed by atoms with van der Waals surface area (Å²) >= 11 is 0. The van der Waals surface area contributed by atoms with E-state index in [2.05, 4.69) is 5.32 Å². The van der Waals surface area contributed by atoms with Crippen LogP contribution in [-0.4, -0.2) is 24.0 Å². The van der Waals surface area contributed by atoms with Crippen LogP contribution in [0.15, 0.2) is 18.2 Å². The maximum absolute atomic E-state index is 12.1. The number of carbonyl (C=O) groups is 2. The number of rotatable bonds is 4. The van der Waals surface area contributed by atoms with E-state index in [1.54, 1.807) is 32.0 Å². The monoisotopic (exact) mass is 290 g/mol. The van der Waals surface area contributed by atoms with E-state index in [9.17, 15) is 9.59 Å². The molecule has 1 aliphatic carbocycles. The van der Waals surface area contributed by atoms with Crippen LogP contribution in [0.25, 0.3) is 0 Å². The van der Waals surface area contributed by atoms with Crippen molar-refractivity contribution in [3.05, 3.63) is 29.3 Å². The summed E-state index contributed by atoms with van der Waals surface area (Å²) in [5.74, 6) is -0.759. The average Bonchev–Trinajstić information content (AvgIpc) is 2.94. The number of nitrogens with two attached hydrogens (primary N) is 1. The quantitative estimate of drug-likeness (QED) is 0.658. The zero-order valence-electron chi connectivity index (χ0n) is 12.5. The lowest BCUT2D eigenvalue weighted by Gasteiger charge is -2.17. The van der Waals surface area contributed by atoms with Gasteiger partial charge in [-0.05, 0) is 44.4 Å². The second-order valence-electron chi connectivity index (χ2n) is 5.61. The van der Waals surface area contributed by atoms with Crippen molar-refractivity contribution in [2.45, 2.75) is 51.7 Å². The molecule has 3 N–H and O–H groups in total. The fraction of sp³-hybridized carbons (Fsp3) is 0.500. The van der Waals surface area contributed by atoms with Crippen LogP contribution in [0.1, 0.15) is 48.5 Å². The highest BCUT2D eigenvalue weighted by molar-refractivity contribution is 5.94. The van der Waals surface area contributed by atoms with Gasteiger partial charge in [0.05, 0.1) is 5.56 Å². The van der Waals surface area contributed by atoms with Crippen LogP contribution in [0.3, 0.4) is 0 Å². The Morgan fingerprint density at radius 1 is 1.33 bits per heavy atom. The zero-order valence-corrected chi connectivity index (χ0v) is 12.5. The Morgan fingerprint density at radius 3 is 2.67 bits per heavy atom. The molecule has 1 fully saturated rings. The lowest BCUT2D eigenvalue weighted by Crippen LogP contribution is -2.40. The maximum atomic E-state index is 12.1. The molecule has 1 saturated carbocycles. The van der Waals surface area contributed by atoms with Crippen molar-refractivity contribution in [2.24, 2.45) is 0 Å². The summed E-state index contributed by atoms with van der Waals surface area (Å²) in [6, 6.07) is 5.27. The van der Waals surface area contributed by atoms with E-state index in [0.29, 0.717) is 11.3 Å². The highest BCUT2D eigenvalue weighted by atomic mass is 16.5. The molecule has 0 radical (unpaired) electrons. The molecular weight excluding hydrogens is 268 g/mol. The van der Waals surface area contributed by atoms with Gasteiger partial charge in [0.1, 0.15) is 0 Å². The maximum Gasteiger partial charge on any atom is 0.339 e. The smallest absolute Gasteiger partial charge is 0.339 e. The molecule has 1 aliphatic rings. The van der Waals surface area contributed by atoms with E-state index in [0.717, 1.165) is 31.2 Å². The molecule has 21 heavy (non-hydrogen) atoms. The van der Waals surface area contributed by atoms with Gasteiger partial charge in [0.15, 0.2) is 6.10 Å². The molecule has 0 saturated heterocycles. The highest BCUT2D eigenvalue weighted by Crippen LogP contribution is 2.18. The normalized spacial score (nSPS) is 16.5. The summed E-state index contributed by atoms with van der Waals surface area (Å²) in [5.41, 5.74) is 7.35. The van der Waals surface area contributed by atoms with Gasteiger partial charge >= 0.3 is 5.97 Å². The van der Waals surface area contributed by atoms with Gasteiger partial charge in [0.25, 0.3) is 5.91 Å². The number of amides is 1. The van der Waals surface area contributed by atoms with Gasteiger partial charge in [-0.2, -0.15) is 0 Å². The topological polar surface area (TPSA) is 81.4 Å². The van der Waals surface area contributed by atoms with Crippen molar-refractivity contribution in [1.82, 2.24) is 5.32 Å². The molecule has 1 atom stereocenters. The van der Waals surface area contributed by atoms with Crippen LogP contribution < -0.4 is 11.1 Å². The van der Waals surface area contributed by atoms with Crippen LogP contribution in [0, 0.1) is 6.92 Å². The first-order valence-electron chi connectivity index (χ1n) is 7.35. The summed E-state index contributed by atoms with van der Waals surface area (Å²) in [6.45, 7) is 3.39. The number of esters is 1. The number of benzene rings is 1. The molecular formula is C16H22N2O3. The van der Waals surface area contributed by atoms with E-state index in [1.165, 1.54) is 0 Å². The Labute approximate surface area is 124 Å². The Balaban J connectivity index is 1.94. The van der Waals surface area contributed by atoms with E-state index in [-0.39, 0.29) is 11.9 Å². The third kappa shape index (κ3) is 3.97. The van der Waals surface area contributed by atoms with Crippen LogP contribution in [-0.2, 0) is 9.53 Å². The SMILES string of the molecule is Cc1ccc(N)cc1C(=O)OC(C)C(=O)NC1CCCC1. The summed E-state index contributed by atoms with van der Waals surface area (Å²) in [7, 11) is 0. The van der Waals surface area contributed by atoms with E-state index >= 15 is 0 Å². The van der Waals surface area contributed by atoms with Crippen molar-refractivity contribution < 1.29 is 14.3 Å². The van der Waals surface area contributed by atoms with Gasteiger partial charge < -0.3 is 15.8 Å². The van der Waals surface area contributed by atoms with Crippen LogP contribution >= 0.6 is 0 Å². The van der Waals surface area contributed by atoms with Gasteiger partial charge in [-0.1, -0.05) is 18.9 Å². The average molecular weight is 290 g/mol. The van der Waals surface area contributed by atoms with Crippen molar-refractivity contribution in [3.8, 4) is 0 Å². The Kier molecular flexibility index (Phi) is 4.83. The fourth-order valence-electron chi connectivity index (χ4n) is 2.53. The minimum atomic E-state index is -0.807. The van der Waals surface area contributed by atoms with Gasteiger partial charge in [-0.3, -0.25) is 4.79 Å². The first kappa shape index (κ1) is 15.4. The van der Waals surface area contributed by atoms with Crippen molar-refractivity contribution in [3.63, 3.8) is 0 Å². The van der Waals surface area contributed by atoms with Crippen LogP contribution in [0.4, 0.5) is 5.69 Å². The molecule has 2 rings (SSSR count). The van der Waals surface area contributed by atoms with E-state index < -0.39 is 12.1 Å². The van der Waals surface area contributed by atoms with Gasteiger partial charge in [-0.25, -0.2) is 4.79 Å². The second kappa shape index (κ2) is 6.61. The Morgan fingerprint density at radius 2 is 2.00 bits per heavy atom. The predicted molar refractivity (Wildman–Crippen MR) is 80.9 cm³/mol. The van der Waals surface area contributed by atoms with E-state index in [4.69, 9.17) is 10.5 Å². The molecule has 1 aromatic rings. The van der Waals surface area contributed by atoms with Crippen LogP contribution in [0.5, 0.6) is 0 Å². The predicted octanol–water partition coefficient (Wildman–Crippen LogP) is 2.18. The third-order valence-electron chi connectivity index (χ3n) is 3.84. The largest absolute Gasteiger partial charge is 0.449 e. The molecule has 114 valence electrons. The standard InChI is InChI=1S/C16H22N2O3/c1-10-7-8-12(17)9-14(10)16(20)21-11(2)15(19)18-13-5-3-4-6-13/h7-9,11,13H,3-6,17H2,1-2H3,(H,18,19). The van der Waals surface area contributed by atoms with Gasteiger partial charge in [0.2, 0.25) is 0 Å². The molecule has 0 aliphatic heterocycles. The lowest BCUT2D eigenvalue weighted by atomic mass is 10.1. The first-order valence-corrected chi connectivity index (χ1v) is 7.35. The minimum absolute atomic E-state index is 0.216. The Bertz CT molecular complexity index is 536. The molecule has 5 nitrogen and oxygen atoms in total. The zero-order chi connectivity index (χ0) is 15.4. The Hall–Kier alpha value is -2.04. The summed E-state index contributed by atoms with van der Waals surface area (Å²) in [6.07, 6.45) is 3.48. The number of nitrogens with one attached hydrogen (secondary N) is 1. The molecule has 0 aromatic heterocycles.